The molecule has 1 aromatic rings. The Labute approximate surface area is 113 Å². The number of piperidine rings is 1. The molecule has 1 fully saturated rings. The van der Waals surface area contributed by atoms with E-state index in [-0.39, 0.29) is 16.9 Å². The number of sulfonamides is 1. The number of carbonyl (C=O) groups is 1. The van der Waals surface area contributed by atoms with E-state index in [2.05, 4.69) is 10.0 Å². The van der Waals surface area contributed by atoms with Crippen LogP contribution in [-0.4, -0.2) is 26.9 Å². The molecule has 2 N–H and O–H groups in total. The summed E-state index contributed by atoms with van der Waals surface area (Å²) in [5.41, 5.74) is 0. The van der Waals surface area contributed by atoms with Gasteiger partial charge in [0.2, 0.25) is 5.91 Å². The molecule has 1 aromatic carbocycles. The number of nitrogens with one attached hydrogen (secondary N) is 2. The van der Waals surface area contributed by atoms with Crippen molar-refractivity contribution in [2.75, 3.05) is 6.54 Å². The Kier molecular flexibility index (Phi) is 4.21. The molecule has 1 amide bonds. The predicted octanol–water partition coefficient (Wildman–Crippen LogP) is 0.880. The molecule has 1 aliphatic rings. The standard InChI is InChI=1S/C13H18N2O3S/c1-10-9-11(7-8-14-10)13(16)15-19(17,18)12-5-3-2-4-6-12/h2-6,10-11,14H,7-9H2,1H3,(H,15,16). The van der Waals surface area contributed by atoms with E-state index in [4.69, 9.17) is 0 Å². The fourth-order valence-corrected chi connectivity index (χ4v) is 3.31. The third kappa shape index (κ3) is 3.54. The van der Waals surface area contributed by atoms with Crippen LogP contribution in [0.1, 0.15) is 19.8 Å². The Morgan fingerprint density at radius 1 is 1.32 bits per heavy atom. The van der Waals surface area contributed by atoms with Crippen LogP contribution in [-0.2, 0) is 14.8 Å². The van der Waals surface area contributed by atoms with Gasteiger partial charge in [0, 0.05) is 12.0 Å². The van der Waals surface area contributed by atoms with Crippen LogP contribution in [0.2, 0.25) is 0 Å². The van der Waals surface area contributed by atoms with Crippen molar-refractivity contribution in [3.63, 3.8) is 0 Å². The van der Waals surface area contributed by atoms with E-state index in [9.17, 15) is 13.2 Å². The molecule has 19 heavy (non-hydrogen) atoms. The molecule has 1 saturated heterocycles. The Morgan fingerprint density at radius 3 is 2.63 bits per heavy atom. The number of amides is 1. The van der Waals surface area contributed by atoms with Gasteiger partial charge in [-0.05, 0) is 38.4 Å². The monoisotopic (exact) mass is 282 g/mol. The molecule has 0 aliphatic carbocycles. The smallest absolute Gasteiger partial charge is 0.264 e. The van der Waals surface area contributed by atoms with Crippen LogP contribution < -0.4 is 10.0 Å². The first-order chi connectivity index (χ1) is 8.99. The molecule has 6 heteroatoms. The summed E-state index contributed by atoms with van der Waals surface area (Å²) in [7, 11) is -3.75. The third-order valence-corrected chi connectivity index (χ3v) is 4.65. The molecule has 1 aliphatic heterocycles. The zero-order chi connectivity index (χ0) is 13.9. The van der Waals surface area contributed by atoms with E-state index in [0.29, 0.717) is 12.8 Å². The van der Waals surface area contributed by atoms with Gasteiger partial charge < -0.3 is 5.32 Å². The van der Waals surface area contributed by atoms with Crippen molar-refractivity contribution in [1.82, 2.24) is 10.0 Å². The van der Waals surface area contributed by atoms with Crippen molar-refractivity contribution in [2.45, 2.75) is 30.7 Å². The van der Waals surface area contributed by atoms with Gasteiger partial charge in [-0.2, -0.15) is 0 Å². The number of benzene rings is 1. The summed E-state index contributed by atoms with van der Waals surface area (Å²) < 4.78 is 26.2. The lowest BCUT2D eigenvalue weighted by molar-refractivity contribution is -0.124. The quantitative estimate of drug-likeness (QED) is 0.863. The van der Waals surface area contributed by atoms with E-state index in [1.54, 1.807) is 18.2 Å². The fourth-order valence-electron chi connectivity index (χ4n) is 2.24. The maximum absolute atomic E-state index is 12.0. The van der Waals surface area contributed by atoms with Crippen LogP contribution in [0.4, 0.5) is 0 Å². The van der Waals surface area contributed by atoms with E-state index in [1.807, 2.05) is 6.92 Å². The second-order valence-corrected chi connectivity index (χ2v) is 6.54. The maximum atomic E-state index is 12.0. The molecule has 5 nitrogen and oxygen atoms in total. The first-order valence-electron chi connectivity index (χ1n) is 6.34. The Balaban J connectivity index is 2.06. The molecule has 0 spiro atoms. The number of carbonyl (C=O) groups excluding carboxylic acids is 1. The van der Waals surface area contributed by atoms with Gasteiger partial charge in [0.25, 0.3) is 10.0 Å². The van der Waals surface area contributed by atoms with Gasteiger partial charge in [0.15, 0.2) is 0 Å². The summed E-state index contributed by atoms with van der Waals surface area (Å²) in [5.74, 6) is -0.646. The second-order valence-electron chi connectivity index (χ2n) is 4.86. The van der Waals surface area contributed by atoms with Gasteiger partial charge in [-0.15, -0.1) is 0 Å². The first-order valence-corrected chi connectivity index (χ1v) is 7.82. The van der Waals surface area contributed by atoms with Crippen LogP contribution in [0.25, 0.3) is 0 Å². The van der Waals surface area contributed by atoms with E-state index in [0.717, 1.165) is 6.54 Å². The van der Waals surface area contributed by atoms with Crippen molar-refractivity contribution < 1.29 is 13.2 Å². The lowest BCUT2D eigenvalue weighted by Crippen LogP contribution is -2.43. The molecule has 2 unspecified atom stereocenters. The lowest BCUT2D eigenvalue weighted by Gasteiger charge is -2.26. The molecule has 104 valence electrons. The van der Waals surface area contributed by atoms with Crippen LogP contribution in [0.5, 0.6) is 0 Å². The van der Waals surface area contributed by atoms with Gasteiger partial charge >= 0.3 is 0 Å². The topological polar surface area (TPSA) is 75.3 Å². The van der Waals surface area contributed by atoms with Crippen molar-refractivity contribution in [1.29, 1.82) is 0 Å². The highest BCUT2D eigenvalue weighted by Gasteiger charge is 2.28. The molecule has 0 bridgehead atoms. The lowest BCUT2D eigenvalue weighted by atomic mass is 9.93. The highest BCUT2D eigenvalue weighted by molar-refractivity contribution is 7.90. The fraction of sp³-hybridized carbons (Fsp3) is 0.462. The minimum atomic E-state index is -3.75. The molecule has 0 saturated carbocycles. The van der Waals surface area contributed by atoms with Crippen molar-refractivity contribution in [3.8, 4) is 0 Å². The summed E-state index contributed by atoms with van der Waals surface area (Å²) in [6.45, 7) is 2.73. The Morgan fingerprint density at radius 2 is 2.00 bits per heavy atom. The maximum Gasteiger partial charge on any atom is 0.264 e. The molecule has 2 rings (SSSR count). The van der Waals surface area contributed by atoms with Gasteiger partial charge in [0.1, 0.15) is 0 Å². The minimum Gasteiger partial charge on any atom is -0.314 e. The Hall–Kier alpha value is -1.40. The average molecular weight is 282 g/mol. The summed E-state index contributed by atoms with van der Waals surface area (Å²) >= 11 is 0. The predicted molar refractivity (Wildman–Crippen MR) is 72.0 cm³/mol. The van der Waals surface area contributed by atoms with Gasteiger partial charge in [-0.1, -0.05) is 18.2 Å². The van der Waals surface area contributed by atoms with E-state index in [1.165, 1.54) is 12.1 Å². The number of rotatable bonds is 3. The highest BCUT2D eigenvalue weighted by atomic mass is 32.2. The van der Waals surface area contributed by atoms with Crippen LogP contribution in [0, 0.1) is 5.92 Å². The van der Waals surface area contributed by atoms with Crippen LogP contribution in [0.15, 0.2) is 35.2 Å². The van der Waals surface area contributed by atoms with Gasteiger partial charge in [-0.3, -0.25) is 4.79 Å². The molecule has 2 atom stereocenters. The average Bonchev–Trinajstić information content (AvgIpc) is 2.39. The van der Waals surface area contributed by atoms with E-state index < -0.39 is 15.9 Å². The zero-order valence-corrected chi connectivity index (χ0v) is 11.6. The second kappa shape index (κ2) is 5.71. The molecular formula is C13H18N2O3S. The van der Waals surface area contributed by atoms with Crippen molar-refractivity contribution in [3.05, 3.63) is 30.3 Å². The van der Waals surface area contributed by atoms with Crippen molar-refractivity contribution >= 4 is 15.9 Å². The van der Waals surface area contributed by atoms with Crippen molar-refractivity contribution in [2.24, 2.45) is 5.92 Å². The summed E-state index contributed by atoms with van der Waals surface area (Å²) in [6, 6.07) is 8.18. The Bertz CT molecular complexity index is 542. The first kappa shape index (κ1) is 14.0. The summed E-state index contributed by atoms with van der Waals surface area (Å²) in [5, 5.41) is 3.23. The molecule has 0 aromatic heterocycles. The SMILES string of the molecule is CC1CC(C(=O)NS(=O)(=O)c2ccccc2)CCN1. The third-order valence-electron chi connectivity index (χ3n) is 3.28. The van der Waals surface area contributed by atoms with E-state index >= 15 is 0 Å². The zero-order valence-electron chi connectivity index (χ0n) is 10.8. The van der Waals surface area contributed by atoms with Gasteiger partial charge in [-0.25, -0.2) is 13.1 Å². The minimum absolute atomic E-state index is 0.116. The molecule has 1 heterocycles. The number of hydrogen-bond acceptors (Lipinski definition) is 4. The largest absolute Gasteiger partial charge is 0.314 e. The number of hydrogen-bond donors (Lipinski definition) is 2. The summed E-state index contributed by atoms with van der Waals surface area (Å²) in [6.07, 6.45) is 1.33. The molecular weight excluding hydrogens is 264 g/mol. The highest BCUT2D eigenvalue weighted by Crippen LogP contribution is 2.17. The van der Waals surface area contributed by atoms with Crippen LogP contribution in [0.3, 0.4) is 0 Å². The summed E-state index contributed by atoms with van der Waals surface area (Å²) in [4.78, 5) is 12.1. The molecule has 0 radical (unpaired) electrons. The normalized spacial score (nSPS) is 23.8. The van der Waals surface area contributed by atoms with Gasteiger partial charge in [0.05, 0.1) is 4.90 Å². The van der Waals surface area contributed by atoms with Crippen LogP contribution >= 0.6 is 0 Å².